The smallest absolute Gasteiger partial charge is 0.295 e. The number of para-hydroxylation sites is 1. The Balaban J connectivity index is 1.77. The predicted molar refractivity (Wildman–Crippen MR) is 121 cm³/mol. The summed E-state index contributed by atoms with van der Waals surface area (Å²) in [7, 11) is 1.76. The number of hydrogen-bond acceptors (Lipinski definition) is 3. The molecule has 0 unspecified atom stereocenters. The minimum atomic E-state index is -0.477. The van der Waals surface area contributed by atoms with Crippen LogP contribution >= 0.6 is 46.1 Å². The van der Waals surface area contributed by atoms with Crippen molar-refractivity contribution in [2.24, 2.45) is 7.05 Å². The van der Waals surface area contributed by atoms with E-state index in [4.69, 9.17) is 34.8 Å². The average Bonchev–Trinajstić information content (AvgIpc) is 3.12. The van der Waals surface area contributed by atoms with Gasteiger partial charge in [-0.05, 0) is 31.2 Å². The summed E-state index contributed by atoms with van der Waals surface area (Å²) >= 11 is 19.9. The molecule has 1 amide bonds. The van der Waals surface area contributed by atoms with Gasteiger partial charge in [0.05, 0.1) is 21.4 Å². The highest BCUT2D eigenvalue weighted by Crippen LogP contribution is 2.41. The minimum absolute atomic E-state index is 0.194. The topological polar surface area (TPSA) is 56.0 Å². The number of amides is 1. The number of hydrogen-bond donors (Lipinski definition) is 1. The van der Waals surface area contributed by atoms with Gasteiger partial charge in [0.15, 0.2) is 0 Å². The van der Waals surface area contributed by atoms with Gasteiger partial charge in [0.2, 0.25) is 0 Å². The first-order valence-corrected chi connectivity index (χ1v) is 10.5. The van der Waals surface area contributed by atoms with Crippen molar-refractivity contribution in [1.29, 1.82) is 0 Å². The van der Waals surface area contributed by atoms with E-state index in [2.05, 4.69) is 5.32 Å². The Bertz CT molecular complexity index is 1320. The Hall–Kier alpha value is -2.25. The number of anilines is 1. The fraction of sp³-hybridized carbons (Fsp3) is 0.100. The summed E-state index contributed by atoms with van der Waals surface area (Å²) < 4.78 is 3.88. The van der Waals surface area contributed by atoms with Crippen molar-refractivity contribution >= 4 is 67.8 Å². The van der Waals surface area contributed by atoms with Crippen molar-refractivity contribution in [2.45, 2.75) is 6.92 Å². The van der Waals surface area contributed by atoms with Crippen LogP contribution in [0.3, 0.4) is 0 Å². The van der Waals surface area contributed by atoms with Gasteiger partial charge in [0, 0.05) is 22.2 Å². The number of nitrogens with zero attached hydrogens (tertiary/aromatic N) is 2. The van der Waals surface area contributed by atoms with E-state index in [1.807, 2.05) is 30.3 Å². The molecule has 0 aliphatic rings. The molecule has 4 rings (SSSR count). The van der Waals surface area contributed by atoms with E-state index in [0.29, 0.717) is 31.5 Å². The first kappa shape index (κ1) is 20.0. The van der Waals surface area contributed by atoms with Crippen molar-refractivity contribution in [3.8, 4) is 5.69 Å². The number of thiophene rings is 1. The maximum Gasteiger partial charge on any atom is 0.295 e. The maximum atomic E-state index is 13.0. The second-order valence-corrected chi connectivity index (χ2v) is 8.67. The molecule has 4 aromatic rings. The van der Waals surface area contributed by atoms with Crippen LogP contribution < -0.4 is 10.9 Å². The van der Waals surface area contributed by atoms with Crippen LogP contribution in [0.2, 0.25) is 15.1 Å². The zero-order valence-corrected chi connectivity index (χ0v) is 18.4. The van der Waals surface area contributed by atoms with Crippen molar-refractivity contribution < 1.29 is 4.79 Å². The molecule has 0 saturated carbocycles. The summed E-state index contributed by atoms with van der Waals surface area (Å²) in [5.74, 6) is -0.477. The van der Waals surface area contributed by atoms with Crippen molar-refractivity contribution in [1.82, 2.24) is 9.36 Å². The van der Waals surface area contributed by atoms with Crippen LogP contribution in [0.25, 0.3) is 15.8 Å². The molecule has 2 aromatic carbocycles. The highest BCUT2D eigenvalue weighted by Gasteiger charge is 2.23. The molecule has 0 saturated heterocycles. The first-order chi connectivity index (χ1) is 13.8. The number of carbonyl (C=O) groups is 1. The van der Waals surface area contributed by atoms with Gasteiger partial charge in [-0.25, -0.2) is 4.68 Å². The third-order valence-electron chi connectivity index (χ3n) is 4.65. The zero-order chi connectivity index (χ0) is 20.9. The molecule has 0 aliphatic carbocycles. The lowest BCUT2D eigenvalue weighted by atomic mass is 10.2. The molecule has 5 nitrogen and oxygen atoms in total. The van der Waals surface area contributed by atoms with Gasteiger partial charge < -0.3 is 5.32 Å². The van der Waals surface area contributed by atoms with E-state index in [1.165, 1.54) is 16.0 Å². The predicted octanol–water partition coefficient (Wildman–Crippen LogP) is 5.91. The molecule has 2 aromatic heterocycles. The van der Waals surface area contributed by atoms with E-state index in [1.54, 1.807) is 30.8 Å². The Morgan fingerprint density at radius 1 is 1.10 bits per heavy atom. The lowest BCUT2D eigenvalue weighted by Gasteiger charge is -2.07. The van der Waals surface area contributed by atoms with Crippen LogP contribution in [-0.4, -0.2) is 15.3 Å². The van der Waals surface area contributed by atoms with E-state index >= 15 is 0 Å². The molecule has 0 atom stereocenters. The van der Waals surface area contributed by atoms with E-state index in [9.17, 15) is 9.59 Å². The quantitative estimate of drug-likeness (QED) is 0.408. The molecular formula is C20H14Cl3N3O2S. The van der Waals surface area contributed by atoms with Crippen molar-refractivity contribution in [3.63, 3.8) is 0 Å². The number of halogens is 3. The standard InChI is InChI=1S/C20H14Cl3N3O2S/c1-10-17(20(28)26(25(10)2)12-6-4-3-5-7-12)24-19(27)18-16(23)15-13(22)8-11(21)9-14(15)29-18/h3-9H,1-2H3,(H,24,27). The van der Waals surface area contributed by atoms with E-state index in [0.717, 1.165) is 0 Å². The SMILES string of the molecule is Cc1c(NC(=O)c2sc3cc(Cl)cc(Cl)c3c2Cl)c(=O)n(-c2ccccc2)n1C. The van der Waals surface area contributed by atoms with Gasteiger partial charge in [-0.15, -0.1) is 11.3 Å². The Labute approximate surface area is 185 Å². The number of carbonyl (C=O) groups excluding carboxylic acids is 1. The molecule has 0 radical (unpaired) electrons. The van der Waals surface area contributed by atoms with Crippen LogP contribution in [0.1, 0.15) is 15.4 Å². The van der Waals surface area contributed by atoms with Gasteiger partial charge in [-0.1, -0.05) is 53.0 Å². The van der Waals surface area contributed by atoms with Crippen LogP contribution in [0, 0.1) is 6.92 Å². The number of nitrogens with one attached hydrogen (secondary N) is 1. The van der Waals surface area contributed by atoms with Gasteiger partial charge in [-0.2, -0.15) is 0 Å². The van der Waals surface area contributed by atoms with Crippen molar-refractivity contribution in [2.75, 3.05) is 5.32 Å². The van der Waals surface area contributed by atoms with E-state index < -0.39 is 5.91 Å². The highest BCUT2D eigenvalue weighted by molar-refractivity contribution is 7.21. The Morgan fingerprint density at radius 2 is 1.79 bits per heavy atom. The Morgan fingerprint density at radius 3 is 2.48 bits per heavy atom. The second kappa shape index (κ2) is 7.54. The van der Waals surface area contributed by atoms with Gasteiger partial charge in [-0.3, -0.25) is 14.3 Å². The molecule has 148 valence electrons. The number of aromatic nitrogens is 2. The molecule has 0 bridgehead atoms. The van der Waals surface area contributed by atoms with Crippen molar-refractivity contribution in [3.05, 3.63) is 78.5 Å². The van der Waals surface area contributed by atoms with Crippen LogP contribution in [-0.2, 0) is 7.05 Å². The van der Waals surface area contributed by atoms with Gasteiger partial charge in [0.1, 0.15) is 10.6 Å². The monoisotopic (exact) mass is 465 g/mol. The summed E-state index contributed by atoms with van der Waals surface area (Å²) in [6.45, 7) is 1.76. The normalized spacial score (nSPS) is 11.2. The lowest BCUT2D eigenvalue weighted by Crippen LogP contribution is -2.22. The average molecular weight is 467 g/mol. The van der Waals surface area contributed by atoms with E-state index in [-0.39, 0.29) is 21.1 Å². The molecule has 2 heterocycles. The minimum Gasteiger partial charge on any atom is -0.315 e. The molecular weight excluding hydrogens is 453 g/mol. The zero-order valence-electron chi connectivity index (χ0n) is 15.3. The third-order valence-corrected chi connectivity index (χ3v) is 6.79. The molecule has 1 N–H and O–H groups in total. The molecule has 9 heteroatoms. The fourth-order valence-corrected chi connectivity index (χ4v) is 5.41. The van der Waals surface area contributed by atoms with Crippen LogP contribution in [0.5, 0.6) is 0 Å². The Kier molecular flexibility index (Phi) is 5.21. The fourth-order valence-electron chi connectivity index (χ4n) is 3.14. The molecule has 0 fully saturated rings. The van der Waals surface area contributed by atoms with Gasteiger partial charge >= 0.3 is 0 Å². The molecule has 29 heavy (non-hydrogen) atoms. The summed E-state index contributed by atoms with van der Waals surface area (Å²) in [6.07, 6.45) is 0. The van der Waals surface area contributed by atoms with Crippen LogP contribution in [0.15, 0.2) is 47.3 Å². The highest BCUT2D eigenvalue weighted by atomic mass is 35.5. The molecule has 0 spiro atoms. The van der Waals surface area contributed by atoms with Gasteiger partial charge in [0.25, 0.3) is 11.5 Å². The van der Waals surface area contributed by atoms with Crippen LogP contribution in [0.4, 0.5) is 5.69 Å². The number of benzene rings is 2. The second-order valence-electron chi connectivity index (χ2n) is 6.40. The summed E-state index contributed by atoms with van der Waals surface area (Å²) in [5.41, 5.74) is 1.18. The lowest BCUT2D eigenvalue weighted by molar-refractivity contribution is 0.103. The molecule has 0 aliphatic heterocycles. The summed E-state index contributed by atoms with van der Waals surface area (Å²) in [6, 6.07) is 12.5. The maximum absolute atomic E-state index is 13.0. The summed E-state index contributed by atoms with van der Waals surface area (Å²) in [4.78, 5) is 26.2. The third kappa shape index (κ3) is 3.36. The largest absolute Gasteiger partial charge is 0.315 e. The number of fused-ring (bicyclic) bond motifs is 1. The first-order valence-electron chi connectivity index (χ1n) is 8.52. The number of rotatable bonds is 3. The summed E-state index contributed by atoms with van der Waals surface area (Å²) in [5, 5.41) is 4.35.